The molecule has 0 aliphatic heterocycles. The quantitative estimate of drug-likeness (QED) is 0.592. The van der Waals surface area contributed by atoms with Gasteiger partial charge in [-0.05, 0) is 19.1 Å². The fraction of sp³-hybridized carbons (Fsp3) is 0.150. The molecule has 0 radical (unpaired) electrons. The molecule has 0 atom stereocenters. The molecule has 0 aliphatic rings. The second-order valence-corrected chi connectivity index (χ2v) is 6.51. The molecule has 1 N–H and O–H groups in total. The van der Waals surface area contributed by atoms with Crippen molar-refractivity contribution in [3.63, 3.8) is 0 Å². The fourth-order valence-corrected chi connectivity index (χ4v) is 3.19. The molecule has 1 aromatic carbocycles. The van der Waals surface area contributed by atoms with Crippen LogP contribution in [0.25, 0.3) is 28.2 Å². The summed E-state index contributed by atoms with van der Waals surface area (Å²) in [5.74, 6) is -0.387. The lowest BCUT2D eigenvalue weighted by atomic mass is 10.0. The molecule has 0 saturated heterocycles. The molecule has 27 heavy (non-hydrogen) atoms. The molecule has 7 heteroatoms. The van der Waals surface area contributed by atoms with Crippen LogP contribution >= 0.6 is 0 Å². The molecule has 0 aliphatic carbocycles. The van der Waals surface area contributed by atoms with E-state index in [0.717, 1.165) is 20.3 Å². The third-order valence-corrected chi connectivity index (χ3v) is 4.73. The fourth-order valence-electron chi connectivity index (χ4n) is 3.19. The number of pyridine rings is 1. The van der Waals surface area contributed by atoms with Gasteiger partial charge in [-0.2, -0.15) is 0 Å². The molecule has 0 unspecified atom stereocenters. The first-order valence-corrected chi connectivity index (χ1v) is 8.43. The topological polar surface area (TPSA) is 81.5 Å². The molecule has 0 amide bonds. The van der Waals surface area contributed by atoms with Gasteiger partial charge in [-0.1, -0.05) is 35.9 Å². The van der Waals surface area contributed by atoms with E-state index in [4.69, 9.17) is 0 Å². The Hall–Kier alpha value is -3.61. The van der Waals surface area contributed by atoms with Gasteiger partial charge in [0, 0.05) is 25.9 Å². The summed E-state index contributed by atoms with van der Waals surface area (Å²) in [6.07, 6.45) is 1.78. The van der Waals surface area contributed by atoms with Crippen LogP contribution in [-0.4, -0.2) is 23.6 Å². The van der Waals surface area contributed by atoms with Crippen LogP contribution in [0.4, 0.5) is 0 Å². The number of rotatable bonds is 2. The Balaban J connectivity index is 2.18. The first-order chi connectivity index (χ1) is 12.9. The summed E-state index contributed by atoms with van der Waals surface area (Å²) >= 11 is 0. The van der Waals surface area contributed by atoms with Crippen LogP contribution in [0.15, 0.2) is 58.3 Å². The van der Waals surface area contributed by atoms with Gasteiger partial charge in [0.2, 0.25) is 5.88 Å². The summed E-state index contributed by atoms with van der Waals surface area (Å²) in [4.78, 5) is 29.7. The van der Waals surface area contributed by atoms with Crippen LogP contribution in [0.1, 0.15) is 5.56 Å². The van der Waals surface area contributed by atoms with E-state index in [2.05, 4.69) is 4.98 Å². The number of benzene rings is 1. The van der Waals surface area contributed by atoms with Crippen LogP contribution in [0, 0.1) is 6.92 Å². The highest BCUT2D eigenvalue weighted by Gasteiger charge is 2.24. The number of hydrogen-bond acceptors (Lipinski definition) is 4. The highest BCUT2D eigenvalue weighted by Crippen LogP contribution is 2.34. The molecule has 0 saturated carbocycles. The van der Waals surface area contributed by atoms with Crippen LogP contribution in [0.2, 0.25) is 0 Å². The van der Waals surface area contributed by atoms with Gasteiger partial charge in [0.15, 0.2) is 0 Å². The number of aromatic nitrogens is 4. The molecule has 4 aromatic rings. The second kappa shape index (κ2) is 5.98. The lowest BCUT2D eigenvalue weighted by Gasteiger charge is -2.12. The number of fused-ring (bicyclic) bond motifs is 1. The molecule has 7 nitrogen and oxygen atoms in total. The second-order valence-electron chi connectivity index (χ2n) is 6.51. The van der Waals surface area contributed by atoms with E-state index in [1.54, 1.807) is 10.6 Å². The number of aromatic hydroxyl groups is 1. The first-order valence-electron chi connectivity index (χ1n) is 8.43. The predicted molar refractivity (Wildman–Crippen MR) is 103 cm³/mol. The molecular weight excluding hydrogens is 344 g/mol. The van der Waals surface area contributed by atoms with E-state index < -0.39 is 11.2 Å². The van der Waals surface area contributed by atoms with Crippen molar-refractivity contribution in [2.75, 3.05) is 0 Å². The van der Waals surface area contributed by atoms with Crippen molar-refractivity contribution < 1.29 is 5.11 Å². The van der Waals surface area contributed by atoms with Crippen LogP contribution in [0.5, 0.6) is 5.88 Å². The SMILES string of the molecule is Cc1ccc(-c2nc3ccccn3c2-c2c(O)n(C)c(=O)n(C)c2=O)cc1. The maximum atomic E-state index is 12.9. The van der Waals surface area contributed by atoms with Gasteiger partial charge in [0.05, 0.1) is 11.4 Å². The average molecular weight is 362 g/mol. The Morgan fingerprint density at radius 3 is 2.37 bits per heavy atom. The molecule has 0 spiro atoms. The minimum atomic E-state index is -0.591. The molecule has 0 fully saturated rings. The number of imidazole rings is 1. The van der Waals surface area contributed by atoms with E-state index in [1.807, 2.05) is 49.4 Å². The van der Waals surface area contributed by atoms with Crippen molar-refractivity contribution in [1.29, 1.82) is 0 Å². The molecule has 4 rings (SSSR count). The monoisotopic (exact) mass is 362 g/mol. The largest absolute Gasteiger partial charge is 0.494 e. The van der Waals surface area contributed by atoms with Gasteiger partial charge in [0.25, 0.3) is 5.56 Å². The zero-order valence-electron chi connectivity index (χ0n) is 15.2. The van der Waals surface area contributed by atoms with E-state index >= 15 is 0 Å². The summed E-state index contributed by atoms with van der Waals surface area (Å²) in [6, 6.07) is 13.3. The normalized spacial score (nSPS) is 11.2. The van der Waals surface area contributed by atoms with Crippen LogP contribution < -0.4 is 11.2 Å². The molecule has 3 aromatic heterocycles. The minimum Gasteiger partial charge on any atom is -0.494 e. The van der Waals surface area contributed by atoms with Crippen molar-refractivity contribution in [3.8, 4) is 28.4 Å². The van der Waals surface area contributed by atoms with E-state index in [9.17, 15) is 14.7 Å². The van der Waals surface area contributed by atoms with Gasteiger partial charge < -0.3 is 5.11 Å². The van der Waals surface area contributed by atoms with Crippen LogP contribution in [0.3, 0.4) is 0 Å². The standard InChI is InChI=1S/C20H18N4O3/c1-12-7-9-13(10-8-12)16-17(24-11-5-4-6-14(24)21-16)15-18(25)22(2)20(27)23(3)19(15)26/h4-11,25H,1-3H3. The Morgan fingerprint density at radius 2 is 1.67 bits per heavy atom. The molecule has 136 valence electrons. The van der Waals surface area contributed by atoms with Crippen molar-refractivity contribution in [3.05, 3.63) is 75.1 Å². The van der Waals surface area contributed by atoms with Gasteiger partial charge in [-0.25, -0.2) is 9.78 Å². The number of hydrogen-bond donors (Lipinski definition) is 1. The third kappa shape index (κ3) is 2.47. The van der Waals surface area contributed by atoms with E-state index in [1.165, 1.54) is 14.1 Å². The van der Waals surface area contributed by atoms with Gasteiger partial charge >= 0.3 is 5.69 Å². The zero-order valence-corrected chi connectivity index (χ0v) is 15.2. The summed E-state index contributed by atoms with van der Waals surface area (Å²) in [5, 5.41) is 10.6. The highest BCUT2D eigenvalue weighted by molar-refractivity contribution is 5.83. The van der Waals surface area contributed by atoms with Crippen molar-refractivity contribution in [1.82, 2.24) is 18.5 Å². The smallest absolute Gasteiger partial charge is 0.333 e. The van der Waals surface area contributed by atoms with Crippen molar-refractivity contribution in [2.45, 2.75) is 6.92 Å². The lowest BCUT2D eigenvalue weighted by molar-refractivity contribution is 0.414. The third-order valence-electron chi connectivity index (χ3n) is 4.73. The van der Waals surface area contributed by atoms with Gasteiger partial charge in [-0.3, -0.25) is 18.3 Å². The summed E-state index contributed by atoms with van der Waals surface area (Å²) < 4.78 is 3.78. The van der Waals surface area contributed by atoms with E-state index in [-0.39, 0.29) is 11.4 Å². The van der Waals surface area contributed by atoms with Gasteiger partial charge in [0.1, 0.15) is 11.2 Å². The highest BCUT2D eigenvalue weighted by atomic mass is 16.3. The van der Waals surface area contributed by atoms with Crippen molar-refractivity contribution >= 4 is 5.65 Å². The summed E-state index contributed by atoms with van der Waals surface area (Å²) in [6.45, 7) is 1.99. The number of nitrogens with zero attached hydrogens (tertiary/aromatic N) is 4. The maximum absolute atomic E-state index is 12.9. The molecule has 0 bridgehead atoms. The number of aryl methyl sites for hydroxylation is 1. The maximum Gasteiger partial charge on any atom is 0.333 e. The van der Waals surface area contributed by atoms with Gasteiger partial charge in [-0.15, -0.1) is 0 Å². The zero-order chi connectivity index (χ0) is 19.3. The van der Waals surface area contributed by atoms with E-state index in [0.29, 0.717) is 17.0 Å². The Kier molecular flexibility index (Phi) is 3.73. The molecule has 3 heterocycles. The Bertz CT molecular complexity index is 1290. The Morgan fingerprint density at radius 1 is 0.963 bits per heavy atom. The summed E-state index contributed by atoms with van der Waals surface area (Å²) in [5.41, 5.74) is 2.43. The minimum absolute atomic E-state index is 0.0360. The lowest BCUT2D eigenvalue weighted by Crippen LogP contribution is -2.37. The predicted octanol–water partition coefficient (Wildman–Crippen LogP) is 2.08. The first kappa shape index (κ1) is 16.8. The Labute approximate surface area is 154 Å². The van der Waals surface area contributed by atoms with Crippen LogP contribution in [-0.2, 0) is 14.1 Å². The molecular formula is C20H18N4O3. The summed E-state index contributed by atoms with van der Waals surface area (Å²) in [7, 11) is 2.82. The average Bonchev–Trinajstić information content (AvgIpc) is 3.05. The van der Waals surface area contributed by atoms with Crippen molar-refractivity contribution in [2.24, 2.45) is 14.1 Å².